The molecular formula is C12H22N4O. The predicted octanol–water partition coefficient (Wildman–Crippen LogP) is 0.835. The molecule has 1 aromatic rings. The van der Waals surface area contributed by atoms with Crippen molar-refractivity contribution in [3.8, 4) is 5.88 Å². The molecule has 0 amide bonds. The summed E-state index contributed by atoms with van der Waals surface area (Å²) in [5.41, 5.74) is 1.00. The van der Waals surface area contributed by atoms with Crippen LogP contribution < -0.4 is 10.1 Å². The molecule has 0 atom stereocenters. The molecule has 0 aromatic carbocycles. The Morgan fingerprint density at radius 3 is 2.82 bits per heavy atom. The van der Waals surface area contributed by atoms with Crippen molar-refractivity contribution in [2.24, 2.45) is 0 Å². The zero-order valence-corrected chi connectivity index (χ0v) is 11.2. The van der Waals surface area contributed by atoms with Crippen LogP contribution in [0.4, 0.5) is 0 Å². The molecule has 5 nitrogen and oxygen atoms in total. The normalized spacial score (nSPS) is 10.9. The Kier molecular flexibility index (Phi) is 5.86. The van der Waals surface area contributed by atoms with Crippen LogP contribution >= 0.6 is 0 Å². The molecule has 1 aromatic heterocycles. The molecule has 5 heteroatoms. The average Bonchev–Trinajstić information content (AvgIpc) is 2.28. The Labute approximate surface area is 103 Å². The van der Waals surface area contributed by atoms with E-state index < -0.39 is 0 Å². The quantitative estimate of drug-likeness (QED) is 0.713. The fourth-order valence-electron chi connectivity index (χ4n) is 1.46. The number of hydrogen-bond acceptors (Lipinski definition) is 5. The fourth-order valence-corrected chi connectivity index (χ4v) is 1.46. The number of rotatable bonds is 7. The number of hydrogen-bond donors (Lipinski definition) is 1. The highest BCUT2D eigenvalue weighted by Gasteiger charge is 2.06. The van der Waals surface area contributed by atoms with E-state index in [2.05, 4.69) is 34.3 Å². The molecule has 0 bridgehead atoms. The lowest BCUT2D eigenvalue weighted by Crippen LogP contribution is -2.16. The van der Waals surface area contributed by atoms with Crippen LogP contribution in [0.2, 0.25) is 0 Å². The van der Waals surface area contributed by atoms with Gasteiger partial charge >= 0.3 is 0 Å². The molecular weight excluding hydrogens is 216 g/mol. The lowest BCUT2D eigenvalue weighted by molar-refractivity contribution is 0.269. The highest BCUT2D eigenvalue weighted by Crippen LogP contribution is 2.14. The summed E-state index contributed by atoms with van der Waals surface area (Å²) in [7, 11) is 6.01. The van der Waals surface area contributed by atoms with Gasteiger partial charge in [0, 0.05) is 24.8 Å². The van der Waals surface area contributed by atoms with Crippen LogP contribution in [-0.2, 0) is 6.54 Å². The molecule has 1 heterocycles. The molecule has 96 valence electrons. The lowest BCUT2D eigenvalue weighted by Gasteiger charge is -2.12. The summed E-state index contributed by atoms with van der Waals surface area (Å²) in [6.45, 7) is 4.30. The molecule has 0 aliphatic rings. The second-order valence-electron chi connectivity index (χ2n) is 4.28. The van der Waals surface area contributed by atoms with E-state index in [9.17, 15) is 0 Å². The van der Waals surface area contributed by atoms with E-state index in [-0.39, 0.29) is 0 Å². The molecule has 0 spiro atoms. The van der Waals surface area contributed by atoms with Gasteiger partial charge in [0.2, 0.25) is 5.88 Å². The van der Waals surface area contributed by atoms with Crippen LogP contribution in [-0.4, -0.2) is 49.2 Å². The van der Waals surface area contributed by atoms with Crippen molar-refractivity contribution in [2.45, 2.75) is 19.9 Å². The first-order valence-corrected chi connectivity index (χ1v) is 5.88. The minimum absolute atomic E-state index is 0.686. The molecule has 1 N–H and O–H groups in total. The van der Waals surface area contributed by atoms with Crippen LogP contribution in [0.3, 0.4) is 0 Å². The van der Waals surface area contributed by atoms with E-state index >= 15 is 0 Å². The summed E-state index contributed by atoms with van der Waals surface area (Å²) < 4.78 is 5.70. The van der Waals surface area contributed by atoms with Gasteiger partial charge in [0.1, 0.15) is 5.82 Å². The van der Waals surface area contributed by atoms with E-state index in [1.54, 1.807) is 0 Å². The zero-order chi connectivity index (χ0) is 12.7. The van der Waals surface area contributed by atoms with Gasteiger partial charge < -0.3 is 15.0 Å². The van der Waals surface area contributed by atoms with Gasteiger partial charge in [-0.2, -0.15) is 4.98 Å². The molecule has 0 fully saturated rings. The van der Waals surface area contributed by atoms with Crippen molar-refractivity contribution in [2.75, 3.05) is 34.3 Å². The van der Waals surface area contributed by atoms with Crippen molar-refractivity contribution in [3.63, 3.8) is 0 Å². The maximum atomic E-state index is 5.70. The zero-order valence-electron chi connectivity index (χ0n) is 11.2. The van der Waals surface area contributed by atoms with Gasteiger partial charge in [0.15, 0.2) is 0 Å². The summed E-state index contributed by atoms with van der Waals surface area (Å²) in [4.78, 5) is 10.6. The van der Waals surface area contributed by atoms with Crippen molar-refractivity contribution in [1.29, 1.82) is 0 Å². The van der Waals surface area contributed by atoms with Gasteiger partial charge in [-0.3, -0.25) is 0 Å². The smallest absolute Gasteiger partial charge is 0.221 e. The van der Waals surface area contributed by atoms with Crippen LogP contribution in [0.25, 0.3) is 0 Å². The average molecular weight is 238 g/mol. The van der Waals surface area contributed by atoms with Gasteiger partial charge in [-0.1, -0.05) is 0 Å². The molecule has 0 saturated carbocycles. The number of aromatic nitrogens is 2. The molecule has 1 rings (SSSR count). The van der Waals surface area contributed by atoms with Crippen LogP contribution in [0, 0.1) is 6.92 Å². The number of ether oxygens (including phenoxy) is 1. The number of aryl methyl sites for hydroxylation is 1. The van der Waals surface area contributed by atoms with Crippen LogP contribution in [0.1, 0.15) is 17.8 Å². The Bertz CT molecular complexity index is 341. The summed E-state index contributed by atoms with van der Waals surface area (Å²) in [5, 5.41) is 3.08. The molecule has 0 aliphatic carbocycles. The SMILES string of the molecule is CNCc1cnc(C)nc1OCCCN(C)C. The molecule has 17 heavy (non-hydrogen) atoms. The van der Waals surface area contributed by atoms with E-state index in [4.69, 9.17) is 4.74 Å². The Hall–Kier alpha value is -1.20. The second kappa shape index (κ2) is 7.19. The summed E-state index contributed by atoms with van der Waals surface area (Å²) in [5.74, 6) is 1.44. The third kappa shape index (κ3) is 5.10. The molecule has 0 saturated heterocycles. The predicted molar refractivity (Wildman–Crippen MR) is 68.2 cm³/mol. The third-order valence-electron chi connectivity index (χ3n) is 2.30. The second-order valence-corrected chi connectivity index (χ2v) is 4.28. The summed E-state index contributed by atoms with van der Waals surface area (Å²) in [6, 6.07) is 0. The maximum absolute atomic E-state index is 5.70. The molecule has 0 radical (unpaired) electrons. The maximum Gasteiger partial charge on any atom is 0.221 e. The van der Waals surface area contributed by atoms with Gasteiger partial charge in [-0.15, -0.1) is 0 Å². The number of nitrogens with one attached hydrogen (secondary N) is 1. The first-order valence-electron chi connectivity index (χ1n) is 5.88. The highest BCUT2D eigenvalue weighted by atomic mass is 16.5. The van der Waals surface area contributed by atoms with Crippen LogP contribution in [0.15, 0.2) is 6.20 Å². The number of nitrogens with zero attached hydrogens (tertiary/aromatic N) is 3. The Morgan fingerprint density at radius 1 is 1.41 bits per heavy atom. The van der Waals surface area contributed by atoms with Gasteiger partial charge in [0.25, 0.3) is 0 Å². The minimum atomic E-state index is 0.686. The summed E-state index contributed by atoms with van der Waals surface area (Å²) in [6.07, 6.45) is 2.81. The third-order valence-corrected chi connectivity index (χ3v) is 2.30. The molecule has 0 aliphatic heterocycles. The highest BCUT2D eigenvalue weighted by molar-refractivity contribution is 5.23. The topological polar surface area (TPSA) is 50.3 Å². The first kappa shape index (κ1) is 13.9. The van der Waals surface area contributed by atoms with E-state index in [1.807, 2.05) is 20.2 Å². The van der Waals surface area contributed by atoms with Crippen molar-refractivity contribution >= 4 is 0 Å². The Balaban J connectivity index is 2.52. The van der Waals surface area contributed by atoms with Gasteiger partial charge in [0.05, 0.1) is 6.61 Å². The largest absolute Gasteiger partial charge is 0.477 e. The Morgan fingerprint density at radius 2 is 2.18 bits per heavy atom. The van der Waals surface area contributed by atoms with Crippen molar-refractivity contribution in [3.05, 3.63) is 17.6 Å². The van der Waals surface area contributed by atoms with Gasteiger partial charge in [-0.25, -0.2) is 4.98 Å². The fraction of sp³-hybridized carbons (Fsp3) is 0.667. The van der Waals surface area contributed by atoms with Crippen molar-refractivity contribution < 1.29 is 4.74 Å². The van der Waals surface area contributed by atoms with Crippen LogP contribution in [0.5, 0.6) is 5.88 Å². The van der Waals surface area contributed by atoms with E-state index in [1.165, 1.54) is 0 Å². The van der Waals surface area contributed by atoms with Crippen molar-refractivity contribution in [1.82, 2.24) is 20.2 Å². The minimum Gasteiger partial charge on any atom is -0.477 e. The standard InChI is InChI=1S/C12H22N4O/c1-10-14-9-11(8-13-2)12(15-10)17-7-5-6-16(3)4/h9,13H,5-8H2,1-4H3. The first-order chi connectivity index (χ1) is 8.13. The summed E-state index contributed by atoms with van der Waals surface area (Å²) >= 11 is 0. The van der Waals surface area contributed by atoms with E-state index in [0.29, 0.717) is 12.5 Å². The van der Waals surface area contributed by atoms with E-state index in [0.717, 1.165) is 30.9 Å². The molecule has 0 unspecified atom stereocenters. The van der Waals surface area contributed by atoms with Gasteiger partial charge in [-0.05, 0) is 34.5 Å². The lowest BCUT2D eigenvalue weighted by atomic mass is 10.3. The monoisotopic (exact) mass is 238 g/mol.